The lowest BCUT2D eigenvalue weighted by Gasteiger charge is -2.17. The Morgan fingerprint density at radius 3 is 2.27 bits per heavy atom. The first-order chi connectivity index (χ1) is 12.2. The van der Waals surface area contributed by atoms with E-state index in [2.05, 4.69) is 0 Å². The van der Waals surface area contributed by atoms with Crippen LogP contribution >= 0.6 is 0 Å². The first-order valence-electron chi connectivity index (χ1n) is 8.29. The van der Waals surface area contributed by atoms with Crippen LogP contribution in [0, 0.1) is 18.8 Å². The first-order valence-corrected chi connectivity index (χ1v) is 8.29. The molecule has 1 saturated heterocycles. The summed E-state index contributed by atoms with van der Waals surface area (Å²) in [4.78, 5) is 26.2. The number of anilines is 1. The van der Waals surface area contributed by atoms with Crippen LogP contribution in [0.2, 0.25) is 0 Å². The van der Waals surface area contributed by atoms with Gasteiger partial charge in [0.05, 0.1) is 17.2 Å². The van der Waals surface area contributed by atoms with Crippen molar-refractivity contribution in [3.63, 3.8) is 0 Å². The standard InChI is InChI=1S/C20H18F3NO2/c1-12-6-8-14(9-7-12)10-17-13(2)18(25)24(19(17)26)16-5-3-4-15(11-16)20(21,22)23/h3-9,11,13,17H,10H2,1-2H3. The molecule has 0 saturated carbocycles. The van der Waals surface area contributed by atoms with Crippen molar-refractivity contribution in [2.24, 2.45) is 11.8 Å². The number of carbonyl (C=O) groups is 2. The second-order valence-corrected chi connectivity index (χ2v) is 6.64. The highest BCUT2D eigenvalue weighted by molar-refractivity contribution is 6.22. The molecular formula is C20H18F3NO2. The minimum Gasteiger partial charge on any atom is -0.274 e. The second-order valence-electron chi connectivity index (χ2n) is 6.64. The molecule has 2 aromatic carbocycles. The number of hydrogen-bond donors (Lipinski definition) is 0. The number of imide groups is 1. The largest absolute Gasteiger partial charge is 0.416 e. The normalized spacial score (nSPS) is 20.7. The Bertz CT molecular complexity index is 843. The van der Waals surface area contributed by atoms with E-state index in [1.165, 1.54) is 12.1 Å². The van der Waals surface area contributed by atoms with Crippen molar-refractivity contribution in [2.45, 2.75) is 26.4 Å². The third kappa shape index (κ3) is 3.36. The van der Waals surface area contributed by atoms with Crippen LogP contribution in [0.4, 0.5) is 18.9 Å². The fourth-order valence-corrected chi connectivity index (χ4v) is 3.18. The summed E-state index contributed by atoms with van der Waals surface area (Å²) in [6.45, 7) is 3.60. The molecule has 0 N–H and O–H groups in total. The molecule has 1 aliphatic rings. The molecule has 1 fully saturated rings. The van der Waals surface area contributed by atoms with Gasteiger partial charge in [-0.15, -0.1) is 0 Å². The zero-order valence-corrected chi connectivity index (χ0v) is 14.4. The predicted octanol–water partition coefficient (Wildman–Crippen LogP) is 4.38. The molecule has 2 unspecified atom stereocenters. The molecule has 26 heavy (non-hydrogen) atoms. The number of alkyl halides is 3. The van der Waals surface area contributed by atoms with Crippen molar-refractivity contribution in [3.8, 4) is 0 Å². The fourth-order valence-electron chi connectivity index (χ4n) is 3.18. The molecule has 2 aromatic rings. The zero-order valence-electron chi connectivity index (χ0n) is 14.4. The Labute approximate surface area is 149 Å². The average molecular weight is 361 g/mol. The molecule has 2 amide bonds. The Balaban J connectivity index is 1.89. The van der Waals surface area contributed by atoms with E-state index in [0.29, 0.717) is 6.42 Å². The van der Waals surface area contributed by atoms with Crippen LogP contribution in [0.15, 0.2) is 48.5 Å². The third-order valence-electron chi connectivity index (χ3n) is 4.76. The number of rotatable bonds is 3. The van der Waals surface area contributed by atoms with Gasteiger partial charge >= 0.3 is 6.18 Å². The van der Waals surface area contributed by atoms with Crippen molar-refractivity contribution in [1.82, 2.24) is 0 Å². The zero-order chi connectivity index (χ0) is 19.1. The van der Waals surface area contributed by atoms with Crippen LogP contribution in [0.3, 0.4) is 0 Å². The fraction of sp³-hybridized carbons (Fsp3) is 0.300. The highest BCUT2D eigenvalue weighted by atomic mass is 19.4. The summed E-state index contributed by atoms with van der Waals surface area (Å²) in [5.41, 5.74) is 1.08. The summed E-state index contributed by atoms with van der Waals surface area (Å²) in [6, 6.07) is 12.0. The highest BCUT2D eigenvalue weighted by Crippen LogP contribution is 2.36. The summed E-state index contributed by atoms with van der Waals surface area (Å²) in [6.07, 6.45) is -4.16. The van der Waals surface area contributed by atoms with E-state index in [4.69, 9.17) is 0 Å². The van der Waals surface area contributed by atoms with E-state index >= 15 is 0 Å². The lowest BCUT2D eigenvalue weighted by molar-refractivity contribution is -0.137. The minimum absolute atomic E-state index is 0.0342. The van der Waals surface area contributed by atoms with E-state index in [0.717, 1.165) is 28.2 Å². The number of hydrogen-bond acceptors (Lipinski definition) is 2. The molecule has 3 rings (SSSR count). The van der Waals surface area contributed by atoms with E-state index in [1.54, 1.807) is 6.92 Å². The van der Waals surface area contributed by atoms with Crippen LogP contribution in [-0.2, 0) is 22.2 Å². The van der Waals surface area contributed by atoms with Gasteiger partial charge in [-0.25, -0.2) is 0 Å². The monoisotopic (exact) mass is 361 g/mol. The Kier molecular flexibility index (Phi) is 4.61. The number of nitrogens with zero attached hydrogens (tertiary/aromatic N) is 1. The Morgan fingerprint density at radius 1 is 1.00 bits per heavy atom. The van der Waals surface area contributed by atoms with Gasteiger partial charge in [0.15, 0.2) is 0 Å². The van der Waals surface area contributed by atoms with Crippen molar-refractivity contribution < 1.29 is 22.8 Å². The van der Waals surface area contributed by atoms with Crippen LogP contribution in [0.25, 0.3) is 0 Å². The smallest absolute Gasteiger partial charge is 0.274 e. The van der Waals surface area contributed by atoms with Gasteiger partial charge in [-0.2, -0.15) is 13.2 Å². The summed E-state index contributed by atoms with van der Waals surface area (Å²) < 4.78 is 38.8. The number of amides is 2. The maximum absolute atomic E-state index is 12.9. The summed E-state index contributed by atoms with van der Waals surface area (Å²) in [5, 5.41) is 0. The van der Waals surface area contributed by atoms with Gasteiger partial charge in [-0.05, 0) is 37.1 Å². The second kappa shape index (κ2) is 6.59. The maximum atomic E-state index is 12.9. The van der Waals surface area contributed by atoms with Crippen LogP contribution in [0.5, 0.6) is 0 Å². The van der Waals surface area contributed by atoms with Gasteiger partial charge in [-0.1, -0.05) is 42.8 Å². The summed E-state index contributed by atoms with van der Waals surface area (Å²) >= 11 is 0. The van der Waals surface area contributed by atoms with Gasteiger partial charge in [0.2, 0.25) is 11.8 Å². The van der Waals surface area contributed by atoms with Gasteiger partial charge in [0.25, 0.3) is 0 Å². The molecule has 0 spiro atoms. The van der Waals surface area contributed by atoms with Crippen LogP contribution in [-0.4, -0.2) is 11.8 Å². The predicted molar refractivity (Wildman–Crippen MR) is 91.5 cm³/mol. The highest BCUT2D eigenvalue weighted by Gasteiger charge is 2.46. The van der Waals surface area contributed by atoms with Gasteiger partial charge < -0.3 is 0 Å². The lowest BCUT2D eigenvalue weighted by Crippen LogP contribution is -2.31. The molecule has 6 heteroatoms. The molecule has 0 aliphatic carbocycles. The molecule has 0 bridgehead atoms. The van der Waals surface area contributed by atoms with Crippen molar-refractivity contribution in [2.75, 3.05) is 4.90 Å². The Morgan fingerprint density at radius 2 is 1.65 bits per heavy atom. The van der Waals surface area contributed by atoms with Crippen LogP contribution in [0.1, 0.15) is 23.6 Å². The van der Waals surface area contributed by atoms with E-state index in [-0.39, 0.29) is 5.69 Å². The minimum atomic E-state index is -4.53. The molecular weight excluding hydrogens is 343 g/mol. The van der Waals surface area contributed by atoms with E-state index in [1.807, 2.05) is 31.2 Å². The van der Waals surface area contributed by atoms with Crippen molar-refractivity contribution in [3.05, 3.63) is 65.2 Å². The van der Waals surface area contributed by atoms with Crippen molar-refractivity contribution in [1.29, 1.82) is 0 Å². The van der Waals surface area contributed by atoms with Gasteiger partial charge in [0, 0.05) is 5.92 Å². The molecule has 136 valence electrons. The quantitative estimate of drug-likeness (QED) is 0.761. The molecule has 1 heterocycles. The SMILES string of the molecule is Cc1ccc(CC2C(=O)N(c3cccc(C(F)(F)F)c3)C(=O)C2C)cc1. The number of carbonyl (C=O) groups excluding carboxylic acids is 2. The topological polar surface area (TPSA) is 37.4 Å². The molecule has 3 nitrogen and oxygen atoms in total. The molecule has 0 aromatic heterocycles. The summed E-state index contributed by atoms with van der Waals surface area (Å²) in [5.74, 6) is -2.09. The number of halogens is 3. The molecule has 2 atom stereocenters. The van der Waals surface area contributed by atoms with Crippen LogP contribution < -0.4 is 4.90 Å². The third-order valence-corrected chi connectivity index (χ3v) is 4.76. The Hall–Kier alpha value is -2.63. The van der Waals surface area contributed by atoms with E-state index < -0.39 is 35.4 Å². The lowest BCUT2D eigenvalue weighted by atomic mass is 9.90. The average Bonchev–Trinajstić information content (AvgIpc) is 2.80. The molecule has 0 radical (unpaired) electrons. The van der Waals surface area contributed by atoms with Crippen molar-refractivity contribution >= 4 is 17.5 Å². The number of aryl methyl sites for hydroxylation is 1. The van der Waals surface area contributed by atoms with Gasteiger partial charge in [-0.3, -0.25) is 14.5 Å². The van der Waals surface area contributed by atoms with Gasteiger partial charge in [0.1, 0.15) is 0 Å². The van der Waals surface area contributed by atoms with E-state index in [9.17, 15) is 22.8 Å². The number of benzene rings is 2. The molecule has 1 aliphatic heterocycles. The maximum Gasteiger partial charge on any atom is 0.416 e. The first kappa shape index (κ1) is 18.2. The summed E-state index contributed by atoms with van der Waals surface area (Å²) in [7, 11) is 0.